The molecule has 1 aromatic carbocycles. The maximum atomic E-state index is 5.19. The van der Waals surface area contributed by atoms with Gasteiger partial charge in [0.25, 0.3) is 0 Å². The van der Waals surface area contributed by atoms with E-state index in [9.17, 15) is 0 Å². The molecule has 0 saturated carbocycles. The first-order valence-corrected chi connectivity index (χ1v) is 5.57. The first kappa shape index (κ1) is 11.6. The van der Waals surface area contributed by atoms with Gasteiger partial charge in [0.05, 0.1) is 12.8 Å². The van der Waals surface area contributed by atoms with Crippen LogP contribution in [0, 0.1) is 0 Å². The fourth-order valence-corrected chi connectivity index (χ4v) is 1.48. The number of hydrogen-bond acceptors (Lipinski definition) is 3. The Kier molecular flexibility index (Phi) is 2.88. The number of benzene rings is 1. The zero-order valence-corrected chi connectivity index (χ0v) is 10.6. The van der Waals surface area contributed by atoms with Crippen LogP contribution in [0.15, 0.2) is 30.6 Å². The minimum atomic E-state index is -0.0376. The molecule has 0 atom stereocenters. The lowest BCUT2D eigenvalue weighted by Crippen LogP contribution is -2.14. The van der Waals surface area contributed by atoms with Gasteiger partial charge >= 0.3 is 0 Å². The Balaban J connectivity index is 2.37. The molecule has 0 bridgehead atoms. The molecule has 0 fully saturated rings. The van der Waals surface area contributed by atoms with Crippen LogP contribution < -0.4 is 4.74 Å². The Hall–Kier alpha value is -1.84. The van der Waals surface area contributed by atoms with Crippen LogP contribution in [0.5, 0.6) is 5.75 Å². The molecule has 0 saturated heterocycles. The predicted octanol–water partition coefficient (Wildman–Crippen LogP) is 2.57. The molecule has 1 aromatic heterocycles. The van der Waals surface area contributed by atoms with Gasteiger partial charge in [-0.15, -0.1) is 0 Å². The molecule has 17 heavy (non-hydrogen) atoms. The van der Waals surface area contributed by atoms with Crippen molar-refractivity contribution in [1.82, 2.24) is 14.8 Å². The topological polar surface area (TPSA) is 39.9 Å². The molecule has 4 heteroatoms. The van der Waals surface area contributed by atoms with E-state index in [1.54, 1.807) is 18.1 Å². The highest BCUT2D eigenvalue weighted by molar-refractivity contribution is 5.38. The molecule has 2 rings (SSSR count). The summed E-state index contributed by atoms with van der Waals surface area (Å²) in [5.74, 6) is 1.65. The van der Waals surface area contributed by atoms with E-state index in [-0.39, 0.29) is 5.41 Å². The summed E-state index contributed by atoms with van der Waals surface area (Å²) in [4.78, 5) is 4.33. The van der Waals surface area contributed by atoms with Crippen LogP contribution in [0.4, 0.5) is 0 Å². The average molecular weight is 231 g/mol. The summed E-state index contributed by atoms with van der Waals surface area (Å²) in [6.07, 6.45) is 1.73. The molecule has 0 aliphatic carbocycles. The van der Waals surface area contributed by atoms with E-state index in [1.165, 1.54) is 0 Å². The van der Waals surface area contributed by atoms with Crippen molar-refractivity contribution in [2.45, 2.75) is 26.2 Å². The quantitative estimate of drug-likeness (QED) is 0.797. The number of ether oxygens (including phenoxy) is 1. The first-order chi connectivity index (χ1) is 8.00. The molecule has 4 nitrogen and oxygen atoms in total. The zero-order valence-electron chi connectivity index (χ0n) is 10.6. The van der Waals surface area contributed by atoms with Gasteiger partial charge in [-0.05, 0) is 12.1 Å². The summed E-state index contributed by atoms with van der Waals surface area (Å²) in [6, 6.07) is 7.75. The average Bonchev–Trinajstić information content (AvgIpc) is 2.78. The summed E-state index contributed by atoms with van der Waals surface area (Å²) in [5, 5.41) is 4.48. The first-order valence-electron chi connectivity index (χ1n) is 5.57. The minimum Gasteiger partial charge on any atom is -0.497 e. The van der Waals surface area contributed by atoms with Gasteiger partial charge < -0.3 is 4.74 Å². The van der Waals surface area contributed by atoms with Gasteiger partial charge in [-0.25, -0.2) is 9.67 Å². The van der Waals surface area contributed by atoms with Crippen molar-refractivity contribution in [2.24, 2.45) is 0 Å². The lowest BCUT2D eigenvalue weighted by Gasteiger charge is -2.12. The van der Waals surface area contributed by atoms with E-state index in [0.717, 1.165) is 17.3 Å². The molecular weight excluding hydrogens is 214 g/mol. The number of methoxy groups -OCH3 is 1. The summed E-state index contributed by atoms with van der Waals surface area (Å²) < 4.78 is 6.96. The fourth-order valence-electron chi connectivity index (χ4n) is 1.48. The smallest absolute Gasteiger partial charge is 0.156 e. The highest BCUT2D eigenvalue weighted by Gasteiger charge is 2.18. The molecule has 0 spiro atoms. The van der Waals surface area contributed by atoms with Crippen LogP contribution in [0.2, 0.25) is 0 Å². The maximum Gasteiger partial charge on any atom is 0.156 e. The van der Waals surface area contributed by atoms with E-state index >= 15 is 0 Å². The third-order valence-corrected chi connectivity index (χ3v) is 2.48. The molecule has 0 amide bonds. The van der Waals surface area contributed by atoms with Crippen LogP contribution in [0.3, 0.4) is 0 Å². The van der Waals surface area contributed by atoms with Crippen molar-refractivity contribution in [2.75, 3.05) is 7.11 Å². The van der Waals surface area contributed by atoms with E-state index in [4.69, 9.17) is 4.74 Å². The molecule has 0 N–H and O–H groups in total. The van der Waals surface area contributed by atoms with Gasteiger partial charge in [-0.3, -0.25) is 0 Å². The Bertz CT molecular complexity index is 511. The maximum absolute atomic E-state index is 5.19. The second-order valence-electron chi connectivity index (χ2n) is 4.96. The van der Waals surface area contributed by atoms with Crippen LogP contribution in [0.25, 0.3) is 5.69 Å². The van der Waals surface area contributed by atoms with Crippen LogP contribution in [-0.4, -0.2) is 21.9 Å². The van der Waals surface area contributed by atoms with Crippen molar-refractivity contribution in [3.63, 3.8) is 0 Å². The SMILES string of the molecule is COc1cccc(-n2cnc(C(C)(C)C)n2)c1. The van der Waals surface area contributed by atoms with E-state index in [0.29, 0.717) is 0 Å². The molecular formula is C13H17N3O. The van der Waals surface area contributed by atoms with Crippen LogP contribution in [-0.2, 0) is 5.41 Å². The third-order valence-electron chi connectivity index (χ3n) is 2.48. The largest absolute Gasteiger partial charge is 0.497 e. The molecule has 0 aliphatic rings. The van der Waals surface area contributed by atoms with E-state index < -0.39 is 0 Å². The molecule has 0 aliphatic heterocycles. The lowest BCUT2D eigenvalue weighted by atomic mass is 9.96. The standard InChI is InChI=1S/C13H17N3O/c1-13(2,3)12-14-9-16(15-12)10-6-5-7-11(8-10)17-4/h5-9H,1-4H3. The fraction of sp³-hybridized carbons (Fsp3) is 0.385. The third kappa shape index (κ3) is 2.46. The monoisotopic (exact) mass is 231 g/mol. The van der Waals surface area contributed by atoms with Gasteiger partial charge in [0, 0.05) is 11.5 Å². The number of nitrogens with zero attached hydrogens (tertiary/aromatic N) is 3. The minimum absolute atomic E-state index is 0.0376. The highest BCUT2D eigenvalue weighted by atomic mass is 16.5. The van der Waals surface area contributed by atoms with Crippen molar-refractivity contribution in [3.8, 4) is 11.4 Å². The number of aromatic nitrogens is 3. The van der Waals surface area contributed by atoms with Gasteiger partial charge in [-0.2, -0.15) is 5.10 Å². The summed E-state index contributed by atoms with van der Waals surface area (Å²) in [7, 11) is 1.65. The van der Waals surface area contributed by atoms with Crippen molar-refractivity contribution in [3.05, 3.63) is 36.4 Å². The Morgan fingerprint density at radius 3 is 2.59 bits per heavy atom. The van der Waals surface area contributed by atoms with E-state index in [1.807, 2.05) is 24.3 Å². The zero-order chi connectivity index (χ0) is 12.5. The highest BCUT2D eigenvalue weighted by Crippen LogP contribution is 2.20. The van der Waals surface area contributed by atoms with Crippen LogP contribution in [0.1, 0.15) is 26.6 Å². The molecule has 0 unspecified atom stereocenters. The van der Waals surface area contributed by atoms with Gasteiger partial charge in [0.1, 0.15) is 12.1 Å². The Morgan fingerprint density at radius 2 is 2.00 bits per heavy atom. The second-order valence-corrected chi connectivity index (χ2v) is 4.96. The lowest BCUT2D eigenvalue weighted by molar-refractivity contribution is 0.414. The molecule has 90 valence electrons. The van der Waals surface area contributed by atoms with Crippen LogP contribution >= 0.6 is 0 Å². The summed E-state index contributed by atoms with van der Waals surface area (Å²) in [6.45, 7) is 6.29. The Morgan fingerprint density at radius 1 is 1.24 bits per heavy atom. The molecule has 2 aromatic rings. The second kappa shape index (κ2) is 4.20. The summed E-state index contributed by atoms with van der Waals surface area (Å²) >= 11 is 0. The van der Waals surface area contributed by atoms with E-state index in [2.05, 4.69) is 30.9 Å². The summed E-state index contributed by atoms with van der Waals surface area (Å²) in [5.41, 5.74) is 0.914. The van der Waals surface area contributed by atoms with Crippen molar-refractivity contribution < 1.29 is 4.74 Å². The number of rotatable bonds is 2. The molecule has 1 heterocycles. The normalized spacial score (nSPS) is 11.5. The Labute approximate surface area is 101 Å². The van der Waals surface area contributed by atoms with Gasteiger partial charge in [-0.1, -0.05) is 26.8 Å². The number of hydrogen-bond donors (Lipinski definition) is 0. The predicted molar refractivity (Wildman–Crippen MR) is 66.6 cm³/mol. The van der Waals surface area contributed by atoms with Gasteiger partial charge in [0.2, 0.25) is 0 Å². The van der Waals surface area contributed by atoms with Gasteiger partial charge in [0.15, 0.2) is 5.82 Å². The van der Waals surface area contributed by atoms with Crippen molar-refractivity contribution in [1.29, 1.82) is 0 Å². The molecule has 0 radical (unpaired) electrons. The van der Waals surface area contributed by atoms with Crippen molar-refractivity contribution >= 4 is 0 Å².